The third kappa shape index (κ3) is 4.57. The van der Waals surface area contributed by atoms with Crippen LogP contribution in [-0.4, -0.2) is 25.8 Å². The molecule has 0 aliphatic carbocycles. The minimum atomic E-state index is -0.336. The SMILES string of the molecule is O=C(CCc1nc(-c2ccc(F)cc2)no1)Nc1ccccc1-n1cc(Br)cn1. The number of carbonyl (C=O) groups is 1. The summed E-state index contributed by atoms with van der Waals surface area (Å²) in [5, 5.41) is 11.0. The van der Waals surface area contributed by atoms with Crippen molar-refractivity contribution in [2.75, 3.05) is 5.32 Å². The molecule has 1 N–H and O–H groups in total. The highest BCUT2D eigenvalue weighted by molar-refractivity contribution is 9.10. The third-order valence-corrected chi connectivity index (χ3v) is 4.52. The maximum Gasteiger partial charge on any atom is 0.227 e. The van der Waals surface area contributed by atoms with Gasteiger partial charge < -0.3 is 9.84 Å². The van der Waals surface area contributed by atoms with Crippen LogP contribution in [-0.2, 0) is 11.2 Å². The van der Waals surface area contributed by atoms with Gasteiger partial charge in [0.05, 0.1) is 22.0 Å². The van der Waals surface area contributed by atoms with Crippen LogP contribution in [0.5, 0.6) is 0 Å². The summed E-state index contributed by atoms with van der Waals surface area (Å²) in [4.78, 5) is 16.7. The molecule has 0 fully saturated rings. The van der Waals surface area contributed by atoms with Crippen molar-refractivity contribution < 1.29 is 13.7 Å². The van der Waals surface area contributed by atoms with Crippen LogP contribution in [0.2, 0.25) is 0 Å². The van der Waals surface area contributed by atoms with Crippen molar-refractivity contribution in [3.8, 4) is 17.1 Å². The number of para-hydroxylation sites is 2. The fraction of sp³-hybridized carbons (Fsp3) is 0.100. The van der Waals surface area contributed by atoms with Crippen LogP contribution in [0.15, 0.2) is 69.9 Å². The van der Waals surface area contributed by atoms with Gasteiger partial charge in [0.15, 0.2) is 0 Å². The highest BCUT2D eigenvalue weighted by atomic mass is 79.9. The molecule has 0 saturated carbocycles. The van der Waals surface area contributed by atoms with Crippen LogP contribution in [0.25, 0.3) is 17.1 Å². The van der Waals surface area contributed by atoms with Crippen molar-refractivity contribution in [3.63, 3.8) is 0 Å². The smallest absolute Gasteiger partial charge is 0.227 e. The van der Waals surface area contributed by atoms with E-state index in [-0.39, 0.29) is 24.6 Å². The maximum atomic E-state index is 13.0. The Morgan fingerprint density at radius 1 is 1.17 bits per heavy atom. The number of carbonyl (C=O) groups excluding carboxylic acids is 1. The number of aromatic nitrogens is 4. The topological polar surface area (TPSA) is 85.8 Å². The molecular weight excluding hydrogens is 441 g/mol. The summed E-state index contributed by atoms with van der Waals surface area (Å²) in [6.07, 6.45) is 3.94. The molecular formula is C20H15BrFN5O2. The molecule has 2 heterocycles. The van der Waals surface area contributed by atoms with E-state index in [0.717, 1.165) is 10.2 Å². The number of nitrogens with one attached hydrogen (secondary N) is 1. The Balaban J connectivity index is 1.40. The van der Waals surface area contributed by atoms with Crippen LogP contribution in [0.4, 0.5) is 10.1 Å². The second-order valence-electron chi connectivity index (χ2n) is 6.19. The predicted molar refractivity (Wildman–Crippen MR) is 108 cm³/mol. The summed E-state index contributed by atoms with van der Waals surface area (Å²) in [6, 6.07) is 13.2. The molecule has 7 nitrogen and oxygen atoms in total. The van der Waals surface area contributed by atoms with E-state index in [4.69, 9.17) is 4.52 Å². The molecule has 2 aromatic heterocycles. The molecule has 0 atom stereocenters. The molecule has 4 aromatic rings. The van der Waals surface area contributed by atoms with E-state index in [1.54, 1.807) is 29.2 Å². The van der Waals surface area contributed by atoms with E-state index in [9.17, 15) is 9.18 Å². The summed E-state index contributed by atoms with van der Waals surface area (Å²) in [5.74, 6) is 0.167. The lowest BCUT2D eigenvalue weighted by atomic mass is 10.2. The number of nitrogens with zero attached hydrogens (tertiary/aromatic N) is 4. The zero-order chi connectivity index (χ0) is 20.2. The zero-order valence-electron chi connectivity index (χ0n) is 15.0. The predicted octanol–water partition coefficient (Wildman–Crippen LogP) is 4.40. The highest BCUT2D eigenvalue weighted by Gasteiger charge is 2.13. The van der Waals surface area contributed by atoms with Gasteiger partial charge in [-0.05, 0) is 52.3 Å². The first-order valence-corrected chi connectivity index (χ1v) is 9.56. The molecule has 4 rings (SSSR count). The van der Waals surface area contributed by atoms with Gasteiger partial charge in [0.2, 0.25) is 17.6 Å². The Bertz CT molecular complexity index is 1140. The van der Waals surface area contributed by atoms with Gasteiger partial charge in [-0.2, -0.15) is 10.1 Å². The van der Waals surface area contributed by atoms with Gasteiger partial charge in [-0.3, -0.25) is 4.79 Å². The number of halogens is 2. The number of anilines is 1. The van der Waals surface area contributed by atoms with Gasteiger partial charge in [-0.25, -0.2) is 9.07 Å². The molecule has 0 spiro atoms. The van der Waals surface area contributed by atoms with Crippen LogP contribution in [0.1, 0.15) is 12.3 Å². The Labute approximate surface area is 173 Å². The first kappa shape index (κ1) is 19.0. The zero-order valence-corrected chi connectivity index (χ0v) is 16.6. The van der Waals surface area contributed by atoms with Crippen LogP contribution in [0, 0.1) is 5.82 Å². The number of amides is 1. The fourth-order valence-corrected chi connectivity index (χ4v) is 3.00. The van der Waals surface area contributed by atoms with Crippen LogP contribution >= 0.6 is 15.9 Å². The van der Waals surface area contributed by atoms with E-state index in [1.807, 2.05) is 24.3 Å². The van der Waals surface area contributed by atoms with Crippen LogP contribution < -0.4 is 5.32 Å². The van der Waals surface area contributed by atoms with E-state index in [2.05, 4.69) is 36.5 Å². The summed E-state index contributed by atoms with van der Waals surface area (Å²) in [7, 11) is 0. The summed E-state index contributed by atoms with van der Waals surface area (Å²) in [6.45, 7) is 0. The number of hydrogen-bond donors (Lipinski definition) is 1. The first-order chi connectivity index (χ1) is 14.1. The first-order valence-electron chi connectivity index (χ1n) is 8.76. The Hall–Kier alpha value is -3.33. The molecule has 0 radical (unpaired) electrons. The highest BCUT2D eigenvalue weighted by Crippen LogP contribution is 2.22. The molecule has 29 heavy (non-hydrogen) atoms. The Morgan fingerprint density at radius 3 is 2.72 bits per heavy atom. The lowest BCUT2D eigenvalue weighted by Crippen LogP contribution is -2.14. The maximum absolute atomic E-state index is 13.0. The number of rotatable bonds is 6. The lowest BCUT2D eigenvalue weighted by Gasteiger charge is -2.10. The van der Waals surface area contributed by atoms with Gasteiger partial charge in [-0.15, -0.1) is 0 Å². The van der Waals surface area contributed by atoms with Crippen molar-refractivity contribution in [1.29, 1.82) is 0 Å². The third-order valence-electron chi connectivity index (χ3n) is 4.11. The van der Waals surface area contributed by atoms with Crippen molar-refractivity contribution in [1.82, 2.24) is 19.9 Å². The molecule has 1 amide bonds. The van der Waals surface area contributed by atoms with Crippen molar-refractivity contribution in [3.05, 3.63) is 77.1 Å². The average molecular weight is 456 g/mol. The standard InChI is InChI=1S/C20H15BrFN5O2/c21-14-11-23-27(12-14)17-4-2-1-3-16(17)24-18(28)9-10-19-25-20(26-29-19)13-5-7-15(22)8-6-13/h1-8,11-12H,9-10H2,(H,24,28). The van der Waals surface area contributed by atoms with Gasteiger partial charge in [0, 0.05) is 24.6 Å². The molecule has 2 aromatic carbocycles. The molecule has 9 heteroatoms. The van der Waals surface area contributed by atoms with Gasteiger partial charge in [0.1, 0.15) is 5.82 Å². The molecule has 0 aliphatic heterocycles. The molecule has 0 saturated heterocycles. The minimum absolute atomic E-state index is 0.169. The normalized spacial score (nSPS) is 10.8. The van der Waals surface area contributed by atoms with Crippen molar-refractivity contribution >= 4 is 27.5 Å². The molecule has 146 valence electrons. The van der Waals surface area contributed by atoms with Crippen molar-refractivity contribution in [2.24, 2.45) is 0 Å². The van der Waals surface area contributed by atoms with Crippen LogP contribution in [0.3, 0.4) is 0 Å². The molecule has 0 bridgehead atoms. The largest absolute Gasteiger partial charge is 0.339 e. The van der Waals surface area contributed by atoms with E-state index < -0.39 is 0 Å². The van der Waals surface area contributed by atoms with E-state index >= 15 is 0 Å². The number of aryl methyl sites for hydroxylation is 1. The summed E-state index contributed by atoms with van der Waals surface area (Å²) >= 11 is 3.37. The summed E-state index contributed by atoms with van der Waals surface area (Å²) in [5.41, 5.74) is 2.04. The van der Waals surface area contributed by atoms with Gasteiger partial charge in [0.25, 0.3) is 0 Å². The number of hydrogen-bond acceptors (Lipinski definition) is 5. The quantitative estimate of drug-likeness (QED) is 0.465. The van der Waals surface area contributed by atoms with Gasteiger partial charge in [-0.1, -0.05) is 17.3 Å². The second kappa shape index (κ2) is 8.36. The Morgan fingerprint density at radius 2 is 1.97 bits per heavy atom. The van der Waals surface area contributed by atoms with E-state index in [0.29, 0.717) is 23.0 Å². The fourth-order valence-electron chi connectivity index (χ4n) is 2.72. The second-order valence-corrected chi connectivity index (χ2v) is 7.10. The van der Waals surface area contributed by atoms with Gasteiger partial charge >= 0.3 is 0 Å². The van der Waals surface area contributed by atoms with E-state index in [1.165, 1.54) is 12.1 Å². The monoisotopic (exact) mass is 455 g/mol. The van der Waals surface area contributed by atoms with Crippen molar-refractivity contribution in [2.45, 2.75) is 12.8 Å². The number of benzene rings is 2. The molecule has 0 unspecified atom stereocenters. The molecule has 0 aliphatic rings. The average Bonchev–Trinajstić information content (AvgIpc) is 3.37. The Kier molecular flexibility index (Phi) is 5.48. The lowest BCUT2D eigenvalue weighted by molar-refractivity contribution is -0.116. The minimum Gasteiger partial charge on any atom is -0.339 e. The summed E-state index contributed by atoms with van der Waals surface area (Å²) < 4.78 is 20.7.